The van der Waals surface area contributed by atoms with Crippen LogP contribution in [-0.4, -0.2) is 54.7 Å². The maximum absolute atomic E-state index is 12.9. The van der Waals surface area contributed by atoms with Crippen LogP contribution in [0.5, 0.6) is 0 Å². The molecule has 0 radical (unpaired) electrons. The van der Waals surface area contributed by atoms with Crippen molar-refractivity contribution in [2.75, 3.05) is 19.6 Å². The molecule has 4 rings (SSSR count). The highest BCUT2D eigenvalue weighted by Gasteiger charge is 2.18. The molecule has 0 saturated heterocycles. The lowest BCUT2D eigenvalue weighted by atomic mass is 10.0. The molecule has 0 aliphatic rings. The van der Waals surface area contributed by atoms with Gasteiger partial charge in [0.05, 0.1) is 23.7 Å². The first kappa shape index (κ1) is 24.9. The van der Waals surface area contributed by atoms with Gasteiger partial charge in [0.2, 0.25) is 0 Å². The topological polar surface area (TPSA) is 68.2 Å². The number of hydrogen-bond donors (Lipinski definition) is 1. The first-order chi connectivity index (χ1) is 16.9. The summed E-state index contributed by atoms with van der Waals surface area (Å²) in [5, 5.41) is 15.7. The standard InChI is InChI=1S/C28H37N5O2/c1-6-30(7-2)17-23(34)18-31-19-24(27(29-31)22-12-10-11-20(5)15-22)21-13-14-25-26(16-21)33(9-4)28(35)32(25)8-3/h10-16,19,23,34H,6-9,17-18H2,1-5H3. The Balaban J connectivity index is 1.81. The molecule has 0 bridgehead atoms. The van der Waals surface area contributed by atoms with Crippen molar-refractivity contribution < 1.29 is 5.11 Å². The SMILES string of the molecule is CCN(CC)CC(O)Cn1cc(-c2ccc3c(c2)n(CC)c(=O)n3CC)c(-c2cccc(C)c2)n1. The number of aromatic nitrogens is 4. The molecule has 2 aromatic heterocycles. The molecule has 1 N–H and O–H groups in total. The number of imidazole rings is 1. The zero-order valence-electron chi connectivity index (χ0n) is 21.5. The lowest BCUT2D eigenvalue weighted by Gasteiger charge is -2.21. The van der Waals surface area contributed by atoms with E-state index >= 15 is 0 Å². The number of hydrogen-bond acceptors (Lipinski definition) is 4. The minimum atomic E-state index is -0.514. The van der Waals surface area contributed by atoms with Crippen LogP contribution in [0.25, 0.3) is 33.4 Å². The largest absolute Gasteiger partial charge is 0.390 e. The van der Waals surface area contributed by atoms with E-state index in [1.807, 2.05) is 46.0 Å². The second-order valence-electron chi connectivity index (χ2n) is 9.10. The maximum atomic E-state index is 12.9. The van der Waals surface area contributed by atoms with Crippen LogP contribution in [0, 0.1) is 6.92 Å². The molecule has 0 amide bonds. The Labute approximate surface area is 207 Å². The maximum Gasteiger partial charge on any atom is 0.329 e. The van der Waals surface area contributed by atoms with Gasteiger partial charge in [-0.25, -0.2) is 4.79 Å². The monoisotopic (exact) mass is 475 g/mol. The number of aliphatic hydroxyl groups is 1. The summed E-state index contributed by atoms with van der Waals surface area (Å²) in [6, 6.07) is 14.5. The minimum Gasteiger partial charge on any atom is -0.390 e. The van der Waals surface area contributed by atoms with Crippen molar-refractivity contribution >= 4 is 11.0 Å². The fourth-order valence-electron chi connectivity index (χ4n) is 4.88. The van der Waals surface area contributed by atoms with Crippen molar-refractivity contribution in [3.05, 3.63) is 64.7 Å². The van der Waals surface area contributed by atoms with Gasteiger partial charge in [0.1, 0.15) is 5.69 Å². The Hall–Kier alpha value is -3.16. The molecule has 1 unspecified atom stereocenters. The first-order valence-electron chi connectivity index (χ1n) is 12.7. The predicted molar refractivity (Wildman–Crippen MR) is 143 cm³/mol. The van der Waals surface area contributed by atoms with Gasteiger partial charge in [-0.1, -0.05) is 43.7 Å². The van der Waals surface area contributed by atoms with Crippen LogP contribution in [0.1, 0.15) is 33.3 Å². The van der Waals surface area contributed by atoms with Crippen LogP contribution < -0.4 is 5.69 Å². The van der Waals surface area contributed by atoms with E-state index in [4.69, 9.17) is 5.10 Å². The molecule has 7 nitrogen and oxygen atoms in total. The van der Waals surface area contributed by atoms with E-state index < -0.39 is 6.10 Å². The smallest absolute Gasteiger partial charge is 0.329 e. The van der Waals surface area contributed by atoms with Crippen molar-refractivity contribution in [1.82, 2.24) is 23.8 Å². The highest BCUT2D eigenvalue weighted by molar-refractivity contribution is 5.87. The van der Waals surface area contributed by atoms with Crippen molar-refractivity contribution in [1.29, 1.82) is 0 Å². The predicted octanol–water partition coefficient (Wildman–Crippen LogP) is 4.38. The van der Waals surface area contributed by atoms with E-state index in [0.717, 1.165) is 46.5 Å². The Morgan fingerprint density at radius 1 is 0.943 bits per heavy atom. The van der Waals surface area contributed by atoms with Crippen LogP contribution in [0.2, 0.25) is 0 Å². The summed E-state index contributed by atoms with van der Waals surface area (Å²) in [5.74, 6) is 0. The fraction of sp³-hybridized carbons (Fsp3) is 0.429. The number of benzene rings is 2. The Morgan fingerprint density at radius 2 is 1.66 bits per heavy atom. The van der Waals surface area contributed by atoms with E-state index in [1.165, 1.54) is 5.56 Å². The van der Waals surface area contributed by atoms with E-state index in [-0.39, 0.29) is 5.69 Å². The molecule has 1 atom stereocenters. The average molecular weight is 476 g/mol. The van der Waals surface area contributed by atoms with Crippen LogP contribution in [0.15, 0.2) is 53.5 Å². The minimum absolute atomic E-state index is 0.0243. The Bertz CT molecular complexity index is 1360. The third-order valence-corrected chi connectivity index (χ3v) is 6.78. The number of fused-ring (bicyclic) bond motifs is 1. The van der Waals surface area contributed by atoms with E-state index in [0.29, 0.717) is 26.2 Å². The normalized spacial score (nSPS) is 12.7. The van der Waals surface area contributed by atoms with Gasteiger partial charge in [0, 0.05) is 37.0 Å². The lowest BCUT2D eigenvalue weighted by molar-refractivity contribution is 0.0998. The molecule has 0 aliphatic carbocycles. The molecule has 0 aliphatic heterocycles. The summed E-state index contributed by atoms with van der Waals surface area (Å²) < 4.78 is 5.50. The second-order valence-corrected chi connectivity index (χ2v) is 9.10. The third kappa shape index (κ3) is 4.97. The van der Waals surface area contributed by atoms with Crippen LogP contribution in [0.4, 0.5) is 0 Å². The molecule has 35 heavy (non-hydrogen) atoms. The van der Waals surface area contributed by atoms with Crippen molar-refractivity contribution in [2.24, 2.45) is 0 Å². The number of aryl methyl sites for hydroxylation is 3. The van der Waals surface area contributed by atoms with Crippen LogP contribution in [-0.2, 0) is 19.6 Å². The van der Waals surface area contributed by atoms with Crippen LogP contribution >= 0.6 is 0 Å². The van der Waals surface area contributed by atoms with Crippen LogP contribution in [0.3, 0.4) is 0 Å². The molecule has 2 heterocycles. The molecule has 4 aromatic rings. The molecule has 186 valence electrons. The summed E-state index contributed by atoms with van der Waals surface area (Å²) >= 11 is 0. The van der Waals surface area contributed by atoms with Gasteiger partial charge in [-0.15, -0.1) is 0 Å². The number of aliphatic hydroxyl groups excluding tert-OH is 1. The van der Waals surface area contributed by atoms with Crippen molar-refractivity contribution in [3.8, 4) is 22.4 Å². The van der Waals surface area contributed by atoms with Gasteiger partial charge in [-0.05, 0) is 57.6 Å². The first-order valence-corrected chi connectivity index (χ1v) is 12.7. The zero-order valence-corrected chi connectivity index (χ0v) is 21.5. The molecule has 0 saturated carbocycles. The summed E-state index contributed by atoms with van der Waals surface area (Å²) in [6.07, 6.45) is 1.51. The molecule has 0 fully saturated rings. The highest BCUT2D eigenvalue weighted by atomic mass is 16.3. The molecule has 7 heteroatoms. The van der Waals surface area contributed by atoms with Gasteiger partial charge in [0.25, 0.3) is 0 Å². The summed E-state index contributed by atoms with van der Waals surface area (Å²) in [6.45, 7) is 14.4. The van der Waals surface area contributed by atoms with Gasteiger partial charge in [-0.3, -0.25) is 13.8 Å². The van der Waals surface area contributed by atoms with E-state index in [1.54, 1.807) is 0 Å². The quantitative estimate of drug-likeness (QED) is 0.370. The molecule has 2 aromatic carbocycles. The lowest BCUT2D eigenvalue weighted by Crippen LogP contribution is -2.34. The van der Waals surface area contributed by atoms with E-state index in [2.05, 4.69) is 56.0 Å². The van der Waals surface area contributed by atoms with Gasteiger partial charge < -0.3 is 10.0 Å². The van der Waals surface area contributed by atoms with Gasteiger partial charge >= 0.3 is 5.69 Å². The van der Waals surface area contributed by atoms with Gasteiger partial charge in [-0.2, -0.15) is 5.10 Å². The second kappa shape index (κ2) is 10.6. The third-order valence-electron chi connectivity index (χ3n) is 6.78. The summed E-state index contributed by atoms with van der Waals surface area (Å²) in [7, 11) is 0. The molecular formula is C28H37N5O2. The van der Waals surface area contributed by atoms with E-state index in [9.17, 15) is 9.90 Å². The summed E-state index contributed by atoms with van der Waals surface area (Å²) in [4.78, 5) is 15.1. The number of rotatable bonds is 10. The summed E-state index contributed by atoms with van der Waals surface area (Å²) in [5.41, 5.74) is 6.99. The average Bonchev–Trinajstić information content (AvgIpc) is 3.39. The fourth-order valence-corrected chi connectivity index (χ4v) is 4.88. The molecule has 0 spiro atoms. The van der Waals surface area contributed by atoms with Crippen molar-refractivity contribution in [2.45, 2.75) is 60.4 Å². The zero-order chi connectivity index (χ0) is 25.1. The van der Waals surface area contributed by atoms with Gasteiger partial charge in [0.15, 0.2) is 0 Å². The number of nitrogens with zero attached hydrogens (tertiary/aromatic N) is 5. The molecular weight excluding hydrogens is 438 g/mol. The Kier molecular flexibility index (Phi) is 7.57. The Morgan fingerprint density at radius 3 is 2.31 bits per heavy atom. The number of likely N-dealkylation sites (N-methyl/N-ethyl adjacent to an activating group) is 1. The van der Waals surface area contributed by atoms with Crippen molar-refractivity contribution in [3.63, 3.8) is 0 Å². The highest BCUT2D eigenvalue weighted by Crippen LogP contribution is 2.33.